The molecule has 1 aromatic rings. The fraction of sp³-hybridized carbons (Fsp3) is 0.529. The van der Waals surface area contributed by atoms with Crippen LogP contribution in [-0.2, 0) is 15.8 Å². The number of hydrogen-bond donors (Lipinski definition) is 0. The van der Waals surface area contributed by atoms with Crippen molar-refractivity contribution in [2.45, 2.75) is 12.6 Å². The summed E-state index contributed by atoms with van der Waals surface area (Å²) >= 11 is 0. The lowest BCUT2D eigenvalue weighted by Crippen LogP contribution is -2.49. The zero-order valence-electron chi connectivity index (χ0n) is 13.9. The van der Waals surface area contributed by atoms with E-state index in [2.05, 4.69) is 4.90 Å². The van der Waals surface area contributed by atoms with Gasteiger partial charge < -0.3 is 14.7 Å². The maximum Gasteiger partial charge on any atom is 0.416 e. The van der Waals surface area contributed by atoms with Gasteiger partial charge in [-0.15, -0.1) is 0 Å². The Morgan fingerprint density at radius 1 is 1.08 bits per heavy atom. The molecule has 0 N–H and O–H groups in total. The lowest BCUT2D eigenvalue weighted by atomic mass is 10.1. The van der Waals surface area contributed by atoms with Gasteiger partial charge in [0.1, 0.15) is 0 Å². The van der Waals surface area contributed by atoms with Gasteiger partial charge in [0.05, 0.1) is 11.5 Å². The van der Waals surface area contributed by atoms with Crippen molar-refractivity contribution in [1.29, 1.82) is 0 Å². The van der Waals surface area contributed by atoms with Crippen LogP contribution in [0.3, 0.4) is 0 Å². The van der Waals surface area contributed by atoms with E-state index in [9.17, 15) is 22.8 Å². The highest BCUT2D eigenvalue weighted by atomic mass is 19.4. The topological polar surface area (TPSA) is 43.9 Å². The van der Waals surface area contributed by atoms with Crippen molar-refractivity contribution in [2.24, 2.45) is 5.92 Å². The molecular formula is C17H20F3N3O2. The van der Waals surface area contributed by atoms with Gasteiger partial charge in [0.25, 0.3) is 0 Å². The van der Waals surface area contributed by atoms with Gasteiger partial charge in [0, 0.05) is 44.8 Å². The molecule has 2 fully saturated rings. The van der Waals surface area contributed by atoms with Crippen molar-refractivity contribution in [3.05, 3.63) is 29.8 Å². The molecular weight excluding hydrogens is 335 g/mol. The third kappa shape index (κ3) is 3.78. The molecule has 2 saturated heterocycles. The SMILES string of the molecule is CN1CCN(C(=O)C2CC(=O)N(c3ccc(C(F)(F)F)cc3)C2)CC1. The van der Waals surface area contributed by atoms with Crippen molar-refractivity contribution >= 4 is 17.5 Å². The number of benzene rings is 1. The number of hydrogen-bond acceptors (Lipinski definition) is 3. The van der Waals surface area contributed by atoms with Crippen LogP contribution in [0.5, 0.6) is 0 Å². The van der Waals surface area contributed by atoms with Crippen LogP contribution in [0.1, 0.15) is 12.0 Å². The lowest BCUT2D eigenvalue weighted by Gasteiger charge is -2.33. The second-order valence-electron chi connectivity index (χ2n) is 6.58. The predicted octanol–water partition coefficient (Wildman–Crippen LogP) is 1.83. The Hall–Kier alpha value is -2.09. The Morgan fingerprint density at radius 2 is 1.68 bits per heavy atom. The fourth-order valence-corrected chi connectivity index (χ4v) is 3.24. The minimum Gasteiger partial charge on any atom is -0.340 e. The first-order valence-corrected chi connectivity index (χ1v) is 8.20. The molecule has 1 aromatic carbocycles. The van der Waals surface area contributed by atoms with Gasteiger partial charge in [-0.05, 0) is 31.3 Å². The molecule has 8 heteroatoms. The number of alkyl halides is 3. The van der Waals surface area contributed by atoms with Crippen LogP contribution in [0.25, 0.3) is 0 Å². The summed E-state index contributed by atoms with van der Waals surface area (Å²) in [5.41, 5.74) is -0.361. The van der Waals surface area contributed by atoms with Gasteiger partial charge in [0.15, 0.2) is 0 Å². The number of anilines is 1. The van der Waals surface area contributed by atoms with E-state index in [0.29, 0.717) is 18.8 Å². The standard InChI is InChI=1S/C17H20F3N3O2/c1-21-6-8-22(9-7-21)16(25)12-10-15(24)23(11-12)14-4-2-13(3-5-14)17(18,19)20/h2-5,12H,6-11H2,1H3. The maximum atomic E-state index is 12.6. The number of carbonyl (C=O) groups excluding carboxylic acids is 2. The number of amides is 2. The van der Waals surface area contributed by atoms with E-state index in [1.807, 2.05) is 7.05 Å². The first-order valence-electron chi connectivity index (χ1n) is 8.20. The molecule has 2 heterocycles. The molecule has 2 aliphatic rings. The number of carbonyl (C=O) groups is 2. The van der Waals surface area contributed by atoms with Crippen LogP contribution in [0, 0.1) is 5.92 Å². The van der Waals surface area contributed by atoms with Crippen LogP contribution in [0.2, 0.25) is 0 Å². The maximum absolute atomic E-state index is 12.6. The Balaban J connectivity index is 1.67. The second kappa shape index (κ2) is 6.67. The summed E-state index contributed by atoms with van der Waals surface area (Å²) in [7, 11) is 1.99. The Morgan fingerprint density at radius 3 is 2.24 bits per heavy atom. The summed E-state index contributed by atoms with van der Waals surface area (Å²) in [6, 6.07) is 4.48. The molecule has 0 aromatic heterocycles. The van der Waals surface area contributed by atoms with Gasteiger partial charge in [-0.2, -0.15) is 13.2 Å². The largest absolute Gasteiger partial charge is 0.416 e. The highest BCUT2D eigenvalue weighted by molar-refractivity contribution is 6.00. The van der Waals surface area contributed by atoms with Gasteiger partial charge in [-0.3, -0.25) is 9.59 Å². The van der Waals surface area contributed by atoms with Gasteiger partial charge in [-0.25, -0.2) is 0 Å². The minimum atomic E-state index is -4.41. The Labute approximate surface area is 144 Å². The van der Waals surface area contributed by atoms with Crippen molar-refractivity contribution < 1.29 is 22.8 Å². The summed E-state index contributed by atoms with van der Waals surface area (Å²) in [6.45, 7) is 3.10. The Bertz CT molecular complexity index is 652. The summed E-state index contributed by atoms with van der Waals surface area (Å²) < 4.78 is 37.9. The fourth-order valence-electron chi connectivity index (χ4n) is 3.24. The number of nitrogens with zero attached hydrogens (tertiary/aromatic N) is 3. The van der Waals surface area contributed by atoms with E-state index in [1.54, 1.807) is 4.90 Å². The van der Waals surface area contributed by atoms with E-state index >= 15 is 0 Å². The summed E-state index contributed by atoms with van der Waals surface area (Å²) in [4.78, 5) is 30.1. The number of likely N-dealkylation sites (N-methyl/N-ethyl adjacent to an activating group) is 1. The van der Waals surface area contributed by atoms with Crippen LogP contribution in [0.4, 0.5) is 18.9 Å². The average Bonchev–Trinajstić information content (AvgIpc) is 2.96. The molecule has 0 bridgehead atoms. The Kier molecular flexibility index (Phi) is 4.73. The first kappa shape index (κ1) is 17.7. The number of piperazine rings is 1. The molecule has 5 nitrogen and oxygen atoms in total. The smallest absolute Gasteiger partial charge is 0.340 e. The normalized spacial score (nSPS) is 22.6. The third-order valence-corrected chi connectivity index (χ3v) is 4.80. The predicted molar refractivity (Wildman–Crippen MR) is 86.0 cm³/mol. The molecule has 1 unspecified atom stereocenters. The van der Waals surface area contributed by atoms with E-state index in [-0.39, 0.29) is 24.8 Å². The molecule has 0 spiro atoms. The summed E-state index contributed by atoms with van der Waals surface area (Å²) in [5.74, 6) is -0.707. The molecule has 0 radical (unpaired) electrons. The zero-order chi connectivity index (χ0) is 18.2. The molecule has 2 amide bonds. The number of rotatable bonds is 2. The average molecular weight is 355 g/mol. The molecule has 136 valence electrons. The van der Waals surface area contributed by atoms with E-state index < -0.39 is 17.7 Å². The zero-order valence-corrected chi connectivity index (χ0v) is 13.9. The summed E-state index contributed by atoms with van der Waals surface area (Å²) in [5, 5.41) is 0. The van der Waals surface area contributed by atoms with Crippen LogP contribution in [0.15, 0.2) is 24.3 Å². The number of halogens is 3. The highest BCUT2D eigenvalue weighted by Crippen LogP contribution is 2.32. The second-order valence-corrected chi connectivity index (χ2v) is 6.58. The minimum absolute atomic E-state index is 0.0455. The van der Waals surface area contributed by atoms with E-state index in [4.69, 9.17) is 0 Å². The monoisotopic (exact) mass is 355 g/mol. The van der Waals surface area contributed by atoms with Crippen LogP contribution < -0.4 is 4.90 Å². The van der Waals surface area contributed by atoms with Gasteiger partial charge in [0.2, 0.25) is 11.8 Å². The van der Waals surface area contributed by atoms with Crippen molar-refractivity contribution in [1.82, 2.24) is 9.80 Å². The third-order valence-electron chi connectivity index (χ3n) is 4.80. The van der Waals surface area contributed by atoms with Gasteiger partial charge in [-0.1, -0.05) is 0 Å². The van der Waals surface area contributed by atoms with Crippen molar-refractivity contribution in [3.8, 4) is 0 Å². The lowest BCUT2D eigenvalue weighted by molar-refractivity contribution is -0.138. The van der Waals surface area contributed by atoms with Crippen LogP contribution in [-0.4, -0.2) is 61.4 Å². The summed E-state index contributed by atoms with van der Waals surface area (Å²) in [6.07, 6.45) is -4.31. The molecule has 25 heavy (non-hydrogen) atoms. The van der Waals surface area contributed by atoms with Crippen LogP contribution >= 0.6 is 0 Å². The van der Waals surface area contributed by atoms with Gasteiger partial charge >= 0.3 is 6.18 Å². The van der Waals surface area contributed by atoms with Crippen molar-refractivity contribution in [2.75, 3.05) is 44.7 Å². The molecule has 0 saturated carbocycles. The van der Waals surface area contributed by atoms with E-state index in [1.165, 1.54) is 17.0 Å². The molecule has 0 aliphatic carbocycles. The molecule has 3 rings (SSSR count). The van der Waals surface area contributed by atoms with Crippen molar-refractivity contribution in [3.63, 3.8) is 0 Å². The molecule has 1 atom stereocenters. The quantitative estimate of drug-likeness (QED) is 0.813. The van der Waals surface area contributed by atoms with E-state index in [0.717, 1.165) is 25.2 Å². The molecule has 2 aliphatic heterocycles. The first-order chi connectivity index (χ1) is 11.8. The highest BCUT2D eigenvalue weighted by Gasteiger charge is 2.38.